The highest BCUT2D eigenvalue weighted by molar-refractivity contribution is 5.95. The minimum Gasteiger partial charge on any atom is -0.372 e. The molecule has 2 aliphatic heterocycles. The van der Waals surface area contributed by atoms with Crippen molar-refractivity contribution in [2.45, 2.75) is 62.6 Å². The number of hydrogen-bond donors (Lipinski definition) is 1. The summed E-state index contributed by atoms with van der Waals surface area (Å²) in [5.74, 6) is -0.345. The van der Waals surface area contributed by atoms with Gasteiger partial charge in [0.05, 0.1) is 41.3 Å². The highest BCUT2D eigenvalue weighted by Gasteiger charge is 2.49. The van der Waals surface area contributed by atoms with E-state index in [0.717, 1.165) is 5.56 Å². The van der Waals surface area contributed by atoms with Crippen LogP contribution in [0.2, 0.25) is 0 Å². The molecule has 0 spiro atoms. The van der Waals surface area contributed by atoms with Gasteiger partial charge in [-0.05, 0) is 56.0 Å². The summed E-state index contributed by atoms with van der Waals surface area (Å²) in [4.78, 5) is 30.2. The van der Waals surface area contributed by atoms with Gasteiger partial charge in [0.15, 0.2) is 0 Å². The molecule has 0 aromatic heterocycles. The molecule has 2 aromatic carbocycles. The van der Waals surface area contributed by atoms with Gasteiger partial charge in [0.2, 0.25) is 5.91 Å². The molecule has 2 aliphatic rings. The molecule has 2 aromatic rings. The number of carbonyl (C=O) groups is 2. The van der Waals surface area contributed by atoms with E-state index in [1.54, 1.807) is 12.1 Å². The minimum absolute atomic E-state index is 0.0129. The van der Waals surface area contributed by atoms with E-state index in [1.165, 1.54) is 25.1 Å². The summed E-state index contributed by atoms with van der Waals surface area (Å²) in [6, 6.07) is 10.5. The van der Waals surface area contributed by atoms with Crippen LogP contribution in [-0.2, 0) is 32.2 Å². The number of rotatable bonds is 8. The highest BCUT2D eigenvalue weighted by atomic mass is 19.4. The Balaban J connectivity index is 1.62. The fraction of sp³-hybridized carbons (Fsp3) is 0.464. The number of benzene rings is 2. The van der Waals surface area contributed by atoms with Gasteiger partial charge in [-0.25, -0.2) is 0 Å². The van der Waals surface area contributed by atoms with E-state index in [4.69, 9.17) is 4.74 Å². The highest BCUT2D eigenvalue weighted by Crippen LogP contribution is 2.41. The molecule has 12 heteroatoms. The van der Waals surface area contributed by atoms with E-state index >= 15 is 0 Å². The molecular formula is C28H29F6N3O3. The van der Waals surface area contributed by atoms with Crippen molar-refractivity contribution in [1.82, 2.24) is 10.2 Å². The van der Waals surface area contributed by atoms with E-state index in [-0.39, 0.29) is 49.4 Å². The lowest BCUT2D eigenvalue weighted by molar-refractivity contribution is -0.143. The van der Waals surface area contributed by atoms with Crippen LogP contribution in [-0.4, -0.2) is 48.2 Å². The summed E-state index contributed by atoms with van der Waals surface area (Å²) in [6.45, 7) is 2.93. The number of nitrogens with zero attached hydrogens (tertiary/aromatic N) is 2. The lowest BCUT2D eigenvalue weighted by Gasteiger charge is -2.50. The third kappa shape index (κ3) is 6.22. The molecule has 0 bridgehead atoms. The van der Waals surface area contributed by atoms with Crippen LogP contribution in [0.15, 0.2) is 53.5 Å². The Labute approximate surface area is 227 Å². The standard InChI is InChI=1S/C28H29F6N3O3/c1-18(38)13-25(37-17-35-14-24(37)39)8-9-26(36-15-25,21-6-4-3-5-7-21)16-40-19(2)20-10-22(27(29,30)31)12-23(11-20)28(32,33)34/h3-7,10-12,17,19,36H,8-9,13-16H2,1-2H3/t19-,25-,26-/m1/s1. The van der Waals surface area contributed by atoms with E-state index in [2.05, 4.69) is 10.3 Å². The molecule has 40 heavy (non-hydrogen) atoms. The van der Waals surface area contributed by atoms with Gasteiger partial charge < -0.3 is 10.1 Å². The van der Waals surface area contributed by atoms with Gasteiger partial charge in [-0.2, -0.15) is 26.3 Å². The first-order valence-corrected chi connectivity index (χ1v) is 12.7. The zero-order valence-electron chi connectivity index (χ0n) is 21.9. The first-order chi connectivity index (χ1) is 18.7. The lowest BCUT2D eigenvalue weighted by atomic mass is 9.74. The molecule has 1 fully saturated rings. The predicted octanol–water partition coefficient (Wildman–Crippen LogP) is 5.67. The quantitative estimate of drug-likeness (QED) is 0.416. The molecule has 0 saturated carbocycles. The molecule has 0 radical (unpaired) electrons. The van der Waals surface area contributed by atoms with E-state index in [1.807, 2.05) is 18.2 Å². The number of ether oxygens (including phenoxy) is 1. The first kappa shape index (κ1) is 29.7. The van der Waals surface area contributed by atoms with Gasteiger partial charge in [-0.15, -0.1) is 0 Å². The number of amides is 1. The van der Waals surface area contributed by atoms with Crippen molar-refractivity contribution >= 4 is 18.0 Å². The zero-order chi connectivity index (χ0) is 29.3. The molecular weight excluding hydrogens is 540 g/mol. The average molecular weight is 570 g/mol. The Morgan fingerprint density at radius 3 is 2.15 bits per heavy atom. The Morgan fingerprint density at radius 2 is 1.68 bits per heavy atom. The molecule has 1 saturated heterocycles. The minimum atomic E-state index is -4.97. The van der Waals surface area contributed by atoms with Crippen molar-refractivity contribution in [2.24, 2.45) is 4.99 Å². The Kier molecular flexibility index (Phi) is 8.15. The topological polar surface area (TPSA) is 71.0 Å². The number of aliphatic imine (C=N–C) groups is 1. The summed E-state index contributed by atoms with van der Waals surface area (Å²) >= 11 is 0. The molecule has 2 heterocycles. The Morgan fingerprint density at radius 1 is 1.05 bits per heavy atom. The SMILES string of the molecule is CC(=O)C[C@]1(N2C=NCC2=O)CC[C@@](CO[C@H](C)c2cc(C(F)(F)F)cc(C(F)(F)F)c2)(c2ccccc2)NC1. The molecule has 216 valence electrons. The van der Waals surface area contributed by atoms with Gasteiger partial charge in [-0.1, -0.05) is 30.3 Å². The Bertz CT molecular complexity index is 1240. The maximum absolute atomic E-state index is 13.4. The normalized spacial score (nSPS) is 24.4. The number of nitrogens with one attached hydrogen (secondary N) is 1. The lowest BCUT2D eigenvalue weighted by Crippen LogP contribution is -2.65. The van der Waals surface area contributed by atoms with Crippen molar-refractivity contribution in [3.63, 3.8) is 0 Å². The molecule has 4 rings (SSSR count). The number of alkyl halides is 6. The van der Waals surface area contributed by atoms with Crippen LogP contribution >= 0.6 is 0 Å². The van der Waals surface area contributed by atoms with Crippen LogP contribution in [0.3, 0.4) is 0 Å². The van der Waals surface area contributed by atoms with Gasteiger partial charge >= 0.3 is 12.4 Å². The van der Waals surface area contributed by atoms with Crippen LogP contribution in [0.4, 0.5) is 26.3 Å². The monoisotopic (exact) mass is 569 g/mol. The Hall–Kier alpha value is -3.25. The summed E-state index contributed by atoms with van der Waals surface area (Å²) < 4.78 is 86.4. The summed E-state index contributed by atoms with van der Waals surface area (Å²) in [5, 5.41) is 3.43. The van der Waals surface area contributed by atoms with E-state index in [9.17, 15) is 35.9 Å². The number of ketones is 1. The van der Waals surface area contributed by atoms with Crippen molar-refractivity contribution in [3.05, 3.63) is 70.8 Å². The number of piperidine rings is 1. The maximum atomic E-state index is 13.4. The summed E-state index contributed by atoms with van der Waals surface area (Å²) in [6.07, 6.45) is -8.78. The predicted molar refractivity (Wildman–Crippen MR) is 134 cm³/mol. The van der Waals surface area contributed by atoms with Crippen molar-refractivity contribution in [3.8, 4) is 0 Å². The fourth-order valence-electron chi connectivity index (χ4n) is 5.38. The first-order valence-electron chi connectivity index (χ1n) is 12.7. The third-order valence-corrected chi connectivity index (χ3v) is 7.54. The number of Topliss-reactive ketones (excluding diaryl/α,β-unsaturated/α-hetero) is 1. The molecule has 3 atom stereocenters. The summed E-state index contributed by atoms with van der Waals surface area (Å²) in [7, 11) is 0. The van der Waals surface area contributed by atoms with E-state index in [0.29, 0.717) is 25.0 Å². The van der Waals surface area contributed by atoms with Crippen LogP contribution in [0.25, 0.3) is 0 Å². The fourth-order valence-corrected chi connectivity index (χ4v) is 5.38. The van der Waals surface area contributed by atoms with Crippen molar-refractivity contribution in [2.75, 3.05) is 19.7 Å². The molecule has 1 N–H and O–H groups in total. The molecule has 1 amide bonds. The van der Waals surface area contributed by atoms with Gasteiger partial charge in [-0.3, -0.25) is 19.5 Å². The van der Waals surface area contributed by atoms with Gasteiger partial charge in [0.1, 0.15) is 12.3 Å². The van der Waals surface area contributed by atoms with Crippen LogP contribution in [0.1, 0.15) is 61.5 Å². The van der Waals surface area contributed by atoms with Gasteiger partial charge in [0.25, 0.3) is 0 Å². The number of halogens is 6. The largest absolute Gasteiger partial charge is 0.416 e. The second kappa shape index (κ2) is 11.0. The van der Waals surface area contributed by atoms with E-state index < -0.39 is 40.7 Å². The smallest absolute Gasteiger partial charge is 0.372 e. The van der Waals surface area contributed by atoms with Gasteiger partial charge in [0, 0.05) is 13.0 Å². The van der Waals surface area contributed by atoms with Crippen LogP contribution < -0.4 is 5.32 Å². The number of hydrogen-bond acceptors (Lipinski definition) is 5. The van der Waals surface area contributed by atoms with Crippen LogP contribution in [0.5, 0.6) is 0 Å². The molecule has 6 nitrogen and oxygen atoms in total. The molecule has 0 aliphatic carbocycles. The zero-order valence-corrected chi connectivity index (χ0v) is 21.9. The molecule has 0 unspecified atom stereocenters. The number of carbonyl (C=O) groups excluding carboxylic acids is 2. The second-order valence-corrected chi connectivity index (χ2v) is 10.4. The summed E-state index contributed by atoms with van der Waals surface area (Å²) in [5.41, 5.74) is -4.04. The van der Waals surface area contributed by atoms with Crippen molar-refractivity contribution in [1.29, 1.82) is 0 Å². The maximum Gasteiger partial charge on any atom is 0.416 e. The van der Waals surface area contributed by atoms with Crippen LogP contribution in [0, 0.1) is 0 Å². The average Bonchev–Trinajstić information content (AvgIpc) is 3.33. The van der Waals surface area contributed by atoms with Crippen molar-refractivity contribution < 1.29 is 40.7 Å². The third-order valence-electron chi connectivity index (χ3n) is 7.54. The second-order valence-electron chi connectivity index (χ2n) is 10.4.